The van der Waals surface area contributed by atoms with Gasteiger partial charge in [-0.05, 0) is 36.3 Å². The number of carbonyl (C=O) groups excluding carboxylic acids is 1. The minimum atomic E-state index is -0.547. The van der Waals surface area contributed by atoms with Crippen LogP contribution in [0, 0.1) is 0 Å². The molecule has 0 saturated carbocycles. The van der Waals surface area contributed by atoms with Crippen LogP contribution >= 0.6 is 7.92 Å². The molecule has 0 radical (unpaired) electrons. The van der Waals surface area contributed by atoms with Crippen LogP contribution in [-0.2, 0) is 0 Å². The van der Waals surface area contributed by atoms with Crippen LogP contribution in [0.1, 0.15) is 25.6 Å². The Hall–Kier alpha value is -1.26. The van der Waals surface area contributed by atoms with E-state index < -0.39 is 7.92 Å². The van der Waals surface area contributed by atoms with Crippen molar-refractivity contribution < 1.29 is 34.6 Å². The van der Waals surface area contributed by atoms with E-state index in [0.29, 0.717) is 22.7 Å². The van der Waals surface area contributed by atoms with Gasteiger partial charge in [-0.25, -0.2) is 0 Å². The molecular weight excluding hydrogens is 302 g/mol. The fourth-order valence-corrected chi connectivity index (χ4v) is 5.01. The van der Waals surface area contributed by atoms with E-state index in [-0.39, 0.29) is 20.3 Å². The molecule has 0 aromatic heterocycles. The summed E-state index contributed by atoms with van der Waals surface area (Å²) in [5, 5.41) is 2.45. The van der Waals surface area contributed by atoms with Crippen LogP contribution in [0.5, 0.6) is 11.5 Å². The summed E-state index contributed by atoms with van der Waals surface area (Å²) in [5.41, 5.74) is 0.925. The van der Waals surface area contributed by atoms with Gasteiger partial charge in [-0.2, -0.15) is 0 Å². The summed E-state index contributed by atoms with van der Waals surface area (Å²) in [5.74, 6) is 1.13. The Bertz CT molecular complexity index is 625. The zero-order chi connectivity index (χ0) is 16.1. The first kappa shape index (κ1) is 19.8. The average molecular weight is 324 g/mol. The maximum absolute atomic E-state index is 11.3. The second-order valence-corrected chi connectivity index (χ2v) is 7.99. The van der Waals surface area contributed by atoms with Crippen molar-refractivity contribution in [2.45, 2.75) is 19.5 Å². The molecule has 0 aliphatic heterocycles. The predicted octanol–water partition coefficient (Wildman–Crippen LogP) is 0.474. The van der Waals surface area contributed by atoms with Gasteiger partial charge in [-0.3, -0.25) is 4.79 Å². The van der Waals surface area contributed by atoms with Crippen molar-refractivity contribution in [3.05, 3.63) is 48.0 Å². The third-order valence-corrected chi connectivity index (χ3v) is 6.18. The molecule has 1 unspecified atom stereocenters. The third kappa shape index (κ3) is 4.39. The molecule has 5 heteroatoms. The van der Waals surface area contributed by atoms with Crippen molar-refractivity contribution in [2.24, 2.45) is 0 Å². The quantitative estimate of drug-likeness (QED) is 0.440. The van der Waals surface area contributed by atoms with Crippen LogP contribution < -0.4 is 38.9 Å². The first-order valence-corrected chi connectivity index (χ1v) is 8.59. The molecular formula is C18H22LiO3P. The van der Waals surface area contributed by atoms with Crippen LogP contribution in [0.25, 0.3) is 0 Å². The monoisotopic (exact) mass is 324 g/mol. The summed E-state index contributed by atoms with van der Waals surface area (Å²) >= 11 is 0. The Kier molecular flexibility index (Phi) is 7.86. The molecule has 23 heavy (non-hydrogen) atoms. The van der Waals surface area contributed by atoms with E-state index in [9.17, 15) is 4.79 Å². The van der Waals surface area contributed by atoms with E-state index in [1.54, 1.807) is 14.2 Å². The summed E-state index contributed by atoms with van der Waals surface area (Å²) in [4.78, 5) is 11.3. The molecule has 0 aliphatic carbocycles. The van der Waals surface area contributed by atoms with Crippen LogP contribution in [0.2, 0.25) is 0 Å². The smallest absolute Gasteiger partial charge is 1.00 e. The SMILES string of the molecule is COc1cc(P(c2ccccc2)C(C)C)cc(OC)c1C=O.[H-].[Li+]. The van der Waals surface area contributed by atoms with Crippen molar-refractivity contribution in [3.8, 4) is 11.5 Å². The second kappa shape index (κ2) is 9.14. The first-order valence-electron chi connectivity index (χ1n) is 7.17. The van der Waals surface area contributed by atoms with Gasteiger partial charge in [0.25, 0.3) is 0 Å². The van der Waals surface area contributed by atoms with Gasteiger partial charge in [0.05, 0.1) is 19.8 Å². The Morgan fingerprint density at radius 1 is 1.00 bits per heavy atom. The summed E-state index contributed by atoms with van der Waals surface area (Å²) in [7, 11) is 2.60. The second-order valence-electron chi connectivity index (χ2n) is 5.18. The van der Waals surface area contributed by atoms with Crippen LogP contribution in [0.3, 0.4) is 0 Å². The van der Waals surface area contributed by atoms with E-state index in [4.69, 9.17) is 9.47 Å². The molecule has 2 aromatic carbocycles. The van der Waals surface area contributed by atoms with Gasteiger partial charge in [0, 0.05) is 0 Å². The third-order valence-electron chi connectivity index (χ3n) is 3.48. The molecule has 2 rings (SSSR count). The summed E-state index contributed by atoms with van der Waals surface area (Å²) in [6.45, 7) is 4.43. The molecule has 0 bridgehead atoms. The predicted molar refractivity (Wildman–Crippen MR) is 93.8 cm³/mol. The van der Waals surface area contributed by atoms with Crippen molar-refractivity contribution in [3.63, 3.8) is 0 Å². The van der Waals surface area contributed by atoms with Gasteiger partial charge in [-0.15, -0.1) is 0 Å². The number of ether oxygens (including phenoxy) is 2. The molecule has 1 atom stereocenters. The molecule has 0 heterocycles. The van der Waals surface area contributed by atoms with Crippen LogP contribution in [-0.4, -0.2) is 26.2 Å². The molecule has 0 fully saturated rings. The topological polar surface area (TPSA) is 35.5 Å². The number of hydrogen-bond donors (Lipinski definition) is 0. The Morgan fingerprint density at radius 3 is 1.91 bits per heavy atom. The number of benzene rings is 2. The Labute approximate surface area is 152 Å². The Morgan fingerprint density at radius 2 is 1.52 bits per heavy atom. The van der Waals surface area contributed by atoms with Gasteiger partial charge in [-0.1, -0.05) is 44.2 Å². The minimum absolute atomic E-state index is 0. The average Bonchev–Trinajstić information content (AvgIpc) is 2.54. The van der Waals surface area contributed by atoms with E-state index in [1.165, 1.54) is 5.30 Å². The van der Waals surface area contributed by atoms with Crippen molar-refractivity contribution in [1.29, 1.82) is 0 Å². The first-order chi connectivity index (χ1) is 10.6. The molecule has 0 saturated heterocycles. The molecule has 3 nitrogen and oxygen atoms in total. The Balaban J connectivity index is 0.00000264. The zero-order valence-electron chi connectivity index (χ0n) is 15.4. The van der Waals surface area contributed by atoms with E-state index in [2.05, 4.69) is 38.1 Å². The normalized spacial score (nSPS) is 11.5. The van der Waals surface area contributed by atoms with Gasteiger partial charge in [0.1, 0.15) is 11.5 Å². The molecule has 2 aromatic rings. The summed E-state index contributed by atoms with van der Waals surface area (Å²) < 4.78 is 10.8. The largest absolute Gasteiger partial charge is 1.00 e. The van der Waals surface area contributed by atoms with E-state index in [1.807, 2.05) is 18.2 Å². The maximum Gasteiger partial charge on any atom is 1.00 e. The van der Waals surface area contributed by atoms with Crippen molar-refractivity contribution >= 4 is 24.8 Å². The number of rotatable bonds is 6. The fourth-order valence-electron chi connectivity index (χ4n) is 2.51. The van der Waals surface area contributed by atoms with Gasteiger partial charge >= 0.3 is 18.9 Å². The van der Waals surface area contributed by atoms with Gasteiger partial charge < -0.3 is 10.9 Å². The van der Waals surface area contributed by atoms with Crippen molar-refractivity contribution in [2.75, 3.05) is 14.2 Å². The fraction of sp³-hybridized carbons (Fsp3) is 0.278. The number of carbonyl (C=O) groups is 1. The summed E-state index contributed by atoms with van der Waals surface area (Å²) in [6, 6.07) is 14.4. The van der Waals surface area contributed by atoms with Crippen molar-refractivity contribution in [1.82, 2.24) is 0 Å². The van der Waals surface area contributed by atoms with Gasteiger partial charge in [0.2, 0.25) is 0 Å². The molecule has 0 spiro atoms. The molecule has 0 amide bonds. The van der Waals surface area contributed by atoms with E-state index in [0.717, 1.165) is 11.6 Å². The van der Waals surface area contributed by atoms with Crippen LogP contribution in [0.4, 0.5) is 0 Å². The molecule has 118 valence electrons. The standard InChI is InChI=1S/C18H21O3P.Li.H/c1-13(2)22(14-8-6-5-7-9-14)15-10-17(20-3)16(12-19)18(11-15)21-4;;/h5-13H,1-4H3;;/q;+1;-1. The number of methoxy groups -OCH3 is 2. The number of hydrogen-bond acceptors (Lipinski definition) is 3. The number of aldehydes is 1. The van der Waals surface area contributed by atoms with Gasteiger partial charge in [0.15, 0.2) is 6.29 Å². The molecule has 0 aliphatic rings. The summed E-state index contributed by atoms with van der Waals surface area (Å²) in [6.07, 6.45) is 0.779. The van der Waals surface area contributed by atoms with E-state index >= 15 is 0 Å². The zero-order valence-corrected chi connectivity index (χ0v) is 15.3. The minimum Gasteiger partial charge on any atom is -1.00 e. The maximum atomic E-state index is 11.3. The van der Waals surface area contributed by atoms with Crippen LogP contribution in [0.15, 0.2) is 42.5 Å². The molecule has 0 N–H and O–H groups in total.